The van der Waals surface area contributed by atoms with Gasteiger partial charge in [0.25, 0.3) is 6.01 Å². The molecule has 0 spiro atoms. The van der Waals surface area contributed by atoms with Gasteiger partial charge in [0.1, 0.15) is 6.26 Å². The molecule has 6 heteroatoms. The summed E-state index contributed by atoms with van der Waals surface area (Å²) in [5, 5.41) is 18.7. The van der Waals surface area contributed by atoms with Crippen LogP contribution >= 0.6 is 0 Å². The number of hydrogen-bond donors (Lipinski definition) is 2. The second-order valence-electron chi connectivity index (χ2n) is 4.66. The van der Waals surface area contributed by atoms with Crippen molar-refractivity contribution in [3.63, 3.8) is 0 Å². The predicted octanol–water partition coefficient (Wildman–Crippen LogP) is 1.11. The van der Waals surface area contributed by atoms with Gasteiger partial charge in [-0.25, -0.2) is 4.79 Å². The lowest BCUT2D eigenvalue weighted by molar-refractivity contribution is 0.0480. The number of aliphatic hydroxyl groups is 1. The van der Waals surface area contributed by atoms with Gasteiger partial charge in [0.2, 0.25) is 0 Å². The van der Waals surface area contributed by atoms with Crippen LogP contribution < -0.4 is 4.90 Å². The van der Waals surface area contributed by atoms with Crippen LogP contribution in [0, 0.1) is 0 Å². The molecule has 0 aliphatic carbocycles. The summed E-state index contributed by atoms with van der Waals surface area (Å²) in [6.07, 6.45) is 3.33. The van der Waals surface area contributed by atoms with E-state index in [0.717, 1.165) is 25.6 Å². The standard InChI is InChI=1S/C11H16N2O4/c1-11(16)3-2-5-13(6-4-11)10-12-8(7-17-10)9(14)15/h7,16H,2-6H2,1H3,(H,14,15). The number of carbonyl (C=O) groups is 1. The number of oxazole rings is 1. The van der Waals surface area contributed by atoms with Crippen LogP contribution in [0.2, 0.25) is 0 Å². The highest BCUT2D eigenvalue weighted by Gasteiger charge is 2.27. The molecule has 1 aliphatic heterocycles. The Morgan fingerprint density at radius 1 is 1.53 bits per heavy atom. The van der Waals surface area contributed by atoms with Gasteiger partial charge in [-0.2, -0.15) is 4.98 Å². The van der Waals surface area contributed by atoms with E-state index in [1.54, 1.807) is 0 Å². The van der Waals surface area contributed by atoms with Crippen molar-refractivity contribution in [2.24, 2.45) is 0 Å². The Bertz CT molecular complexity index is 413. The molecule has 1 aromatic rings. The molecule has 2 heterocycles. The number of aromatic nitrogens is 1. The van der Waals surface area contributed by atoms with Crippen LogP contribution in [0.3, 0.4) is 0 Å². The maximum absolute atomic E-state index is 10.7. The maximum Gasteiger partial charge on any atom is 0.357 e. The third kappa shape index (κ3) is 2.76. The van der Waals surface area contributed by atoms with E-state index in [4.69, 9.17) is 9.52 Å². The van der Waals surface area contributed by atoms with Gasteiger partial charge in [0.15, 0.2) is 5.69 Å². The summed E-state index contributed by atoms with van der Waals surface area (Å²) in [7, 11) is 0. The third-order valence-corrected chi connectivity index (χ3v) is 3.05. The van der Waals surface area contributed by atoms with E-state index in [2.05, 4.69) is 4.98 Å². The van der Waals surface area contributed by atoms with E-state index in [1.807, 2.05) is 11.8 Å². The molecule has 2 N–H and O–H groups in total. The number of aromatic carboxylic acids is 1. The molecule has 94 valence electrons. The van der Waals surface area contributed by atoms with Gasteiger partial charge < -0.3 is 19.5 Å². The number of hydrogen-bond acceptors (Lipinski definition) is 5. The fourth-order valence-electron chi connectivity index (χ4n) is 1.96. The molecular formula is C11H16N2O4. The average molecular weight is 240 g/mol. The minimum atomic E-state index is -1.10. The summed E-state index contributed by atoms with van der Waals surface area (Å²) >= 11 is 0. The van der Waals surface area contributed by atoms with E-state index in [0.29, 0.717) is 19.0 Å². The van der Waals surface area contributed by atoms with Crippen LogP contribution in [0.4, 0.5) is 6.01 Å². The lowest BCUT2D eigenvalue weighted by atomic mass is 9.98. The van der Waals surface area contributed by atoms with Gasteiger partial charge in [-0.3, -0.25) is 0 Å². The van der Waals surface area contributed by atoms with Crippen LogP contribution in [0.5, 0.6) is 0 Å². The quantitative estimate of drug-likeness (QED) is 0.805. The van der Waals surface area contributed by atoms with E-state index in [-0.39, 0.29) is 5.69 Å². The smallest absolute Gasteiger partial charge is 0.357 e. The molecule has 0 amide bonds. The lowest BCUT2D eigenvalue weighted by Crippen LogP contribution is -2.28. The summed E-state index contributed by atoms with van der Waals surface area (Å²) in [6.45, 7) is 3.15. The molecule has 0 radical (unpaired) electrons. The van der Waals surface area contributed by atoms with Crippen LogP contribution in [-0.2, 0) is 0 Å². The molecule has 0 bridgehead atoms. The minimum absolute atomic E-state index is 0.0870. The average Bonchev–Trinajstić information content (AvgIpc) is 2.65. The second kappa shape index (κ2) is 4.37. The number of rotatable bonds is 2. The molecule has 0 aromatic carbocycles. The zero-order valence-electron chi connectivity index (χ0n) is 9.72. The Kier molecular flexibility index (Phi) is 3.06. The largest absolute Gasteiger partial charge is 0.476 e. The van der Waals surface area contributed by atoms with Crippen LogP contribution in [-0.4, -0.2) is 39.9 Å². The first-order chi connectivity index (χ1) is 7.98. The number of nitrogens with zero attached hydrogens (tertiary/aromatic N) is 2. The lowest BCUT2D eigenvalue weighted by Gasteiger charge is -2.21. The van der Waals surface area contributed by atoms with Crippen molar-refractivity contribution in [3.8, 4) is 0 Å². The topological polar surface area (TPSA) is 86.8 Å². The number of carboxylic acid groups (broad SMARTS) is 1. The molecule has 1 unspecified atom stereocenters. The van der Waals surface area contributed by atoms with Crippen LogP contribution in [0.25, 0.3) is 0 Å². The Labute approximate surface area is 98.9 Å². The van der Waals surface area contributed by atoms with E-state index in [9.17, 15) is 9.90 Å². The Balaban J connectivity index is 2.09. The van der Waals surface area contributed by atoms with Gasteiger partial charge in [0.05, 0.1) is 5.60 Å². The summed E-state index contributed by atoms with van der Waals surface area (Å²) < 4.78 is 5.14. The summed E-state index contributed by atoms with van der Waals surface area (Å²) in [6, 6.07) is 0.320. The highest BCUT2D eigenvalue weighted by molar-refractivity contribution is 5.85. The Hall–Kier alpha value is -1.56. The molecule has 1 saturated heterocycles. The zero-order chi connectivity index (χ0) is 12.5. The fraction of sp³-hybridized carbons (Fsp3) is 0.636. The number of carboxylic acids is 1. The zero-order valence-corrected chi connectivity index (χ0v) is 9.72. The first kappa shape index (κ1) is 11.9. The van der Waals surface area contributed by atoms with E-state index >= 15 is 0 Å². The molecule has 1 aliphatic rings. The Morgan fingerprint density at radius 2 is 2.29 bits per heavy atom. The van der Waals surface area contributed by atoms with Gasteiger partial charge >= 0.3 is 5.97 Å². The third-order valence-electron chi connectivity index (χ3n) is 3.05. The molecule has 1 aromatic heterocycles. The second-order valence-corrected chi connectivity index (χ2v) is 4.66. The van der Waals surface area contributed by atoms with Crippen LogP contribution in [0.1, 0.15) is 36.7 Å². The van der Waals surface area contributed by atoms with Gasteiger partial charge in [0, 0.05) is 13.1 Å². The SMILES string of the molecule is CC1(O)CCCN(c2nc(C(=O)O)co2)CC1. The first-order valence-electron chi connectivity index (χ1n) is 5.64. The molecule has 0 saturated carbocycles. The molecule has 1 fully saturated rings. The monoisotopic (exact) mass is 240 g/mol. The van der Waals surface area contributed by atoms with Gasteiger partial charge in [-0.1, -0.05) is 0 Å². The predicted molar refractivity (Wildman–Crippen MR) is 60.2 cm³/mol. The van der Waals surface area contributed by atoms with Gasteiger partial charge in [-0.05, 0) is 26.2 Å². The summed E-state index contributed by atoms with van der Waals surface area (Å²) in [5.74, 6) is -1.10. The molecule has 6 nitrogen and oxygen atoms in total. The molecule has 2 rings (SSSR count). The van der Waals surface area contributed by atoms with E-state index < -0.39 is 11.6 Å². The van der Waals surface area contributed by atoms with Crippen molar-refractivity contribution in [2.75, 3.05) is 18.0 Å². The summed E-state index contributed by atoms with van der Waals surface area (Å²) in [5.41, 5.74) is -0.743. The van der Waals surface area contributed by atoms with Crippen LogP contribution in [0.15, 0.2) is 10.7 Å². The minimum Gasteiger partial charge on any atom is -0.476 e. The molecule has 17 heavy (non-hydrogen) atoms. The van der Waals surface area contributed by atoms with Crippen molar-refractivity contribution in [2.45, 2.75) is 31.8 Å². The summed E-state index contributed by atoms with van der Waals surface area (Å²) in [4.78, 5) is 16.5. The highest BCUT2D eigenvalue weighted by atomic mass is 16.4. The Morgan fingerprint density at radius 3 is 2.94 bits per heavy atom. The fourth-order valence-corrected chi connectivity index (χ4v) is 1.96. The van der Waals surface area contributed by atoms with Crippen molar-refractivity contribution in [1.29, 1.82) is 0 Å². The normalized spacial score (nSPS) is 25.6. The van der Waals surface area contributed by atoms with Crippen molar-refractivity contribution in [3.05, 3.63) is 12.0 Å². The molecule has 1 atom stereocenters. The molecular weight excluding hydrogens is 224 g/mol. The van der Waals surface area contributed by atoms with E-state index in [1.165, 1.54) is 0 Å². The van der Waals surface area contributed by atoms with Crippen molar-refractivity contribution >= 4 is 12.0 Å². The van der Waals surface area contributed by atoms with Crippen molar-refractivity contribution < 1.29 is 19.4 Å². The van der Waals surface area contributed by atoms with Crippen molar-refractivity contribution in [1.82, 2.24) is 4.98 Å². The van der Waals surface area contributed by atoms with Gasteiger partial charge in [-0.15, -0.1) is 0 Å². The maximum atomic E-state index is 10.7. The highest BCUT2D eigenvalue weighted by Crippen LogP contribution is 2.24. The number of anilines is 1. The first-order valence-corrected chi connectivity index (χ1v) is 5.64.